The van der Waals surface area contributed by atoms with Gasteiger partial charge in [-0.15, -0.1) is 0 Å². The van der Waals surface area contributed by atoms with E-state index in [9.17, 15) is 4.39 Å². The summed E-state index contributed by atoms with van der Waals surface area (Å²) in [6, 6.07) is 10.1. The molecule has 0 aromatic heterocycles. The van der Waals surface area contributed by atoms with Gasteiger partial charge in [0.15, 0.2) is 0 Å². The van der Waals surface area contributed by atoms with Crippen molar-refractivity contribution in [2.24, 2.45) is 0 Å². The zero-order valence-electron chi connectivity index (χ0n) is 11.1. The second-order valence-electron chi connectivity index (χ2n) is 4.38. The van der Waals surface area contributed by atoms with Crippen molar-refractivity contribution < 1.29 is 9.13 Å². The lowest BCUT2D eigenvalue weighted by Crippen LogP contribution is -2.07. The van der Waals surface area contributed by atoms with Crippen LogP contribution < -0.4 is 10.1 Å². The molecule has 0 saturated carbocycles. The van der Waals surface area contributed by atoms with Crippen molar-refractivity contribution in [3.8, 4) is 5.75 Å². The van der Waals surface area contributed by atoms with Gasteiger partial charge in [-0.3, -0.25) is 0 Å². The molecule has 0 fully saturated rings. The molecule has 0 aliphatic carbocycles. The van der Waals surface area contributed by atoms with E-state index in [1.165, 1.54) is 12.1 Å². The molecule has 2 aromatic rings. The minimum Gasteiger partial charge on any atom is -0.495 e. The molecule has 0 aliphatic heterocycles. The van der Waals surface area contributed by atoms with Crippen LogP contribution in [0.2, 0.25) is 5.02 Å². The Labute approximate surface area is 131 Å². The highest BCUT2D eigenvalue weighted by Gasteiger charge is 2.11. The molecule has 0 heterocycles. The Morgan fingerprint density at radius 2 is 2.00 bits per heavy atom. The minimum absolute atomic E-state index is 0.00874. The third kappa shape index (κ3) is 3.44. The van der Waals surface area contributed by atoms with E-state index in [0.29, 0.717) is 10.8 Å². The fraction of sp³-hybridized carbons (Fsp3) is 0.200. The summed E-state index contributed by atoms with van der Waals surface area (Å²) >= 11 is 9.46. The van der Waals surface area contributed by atoms with Gasteiger partial charge in [0.1, 0.15) is 11.6 Å². The van der Waals surface area contributed by atoms with Crippen molar-refractivity contribution in [1.82, 2.24) is 0 Å². The Kier molecular flexibility index (Phi) is 4.89. The van der Waals surface area contributed by atoms with E-state index < -0.39 is 0 Å². The Morgan fingerprint density at radius 3 is 2.60 bits per heavy atom. The van der Waals surface area contributed by atoms with Crippen LogP contribution in [0.15, 0.2) is 40.9 Å². The first kappa shape index (κ1) is 15.1. The number of benzene rings is 2. The monoisotopic (exact) mass is 357 g/mol. The quantitative estimate of drug-likeness (QED) is 0.787. The Morgan fingerprint density at radius 1 is 1.25 bits per heavy atom. The maximum absolute atomic E-state index is 13.1. The number of ether oxygens (including phenoxy) is 1. The molecular formula is C15H14BrClFNO. The summed E-state index contributed by atoms with van der Waals surface area (Å²) in [5, 5.41) is 3.86. The second-order valence-corrected chi connectivity index (χ2v) is 5.64. The average molecular weight is 359 g/mol. The lowest BCUT2D eigenvalue weighted by molar-refractivity contribution is 0.415. The molecule has 0 amide bonds. The van der Waals surface area contributed by atoms with Gasteiger partial charge in [-0.05, 0) is 42.8 Å². The van der Waals surface area contributed by atoms with Gasteiger partial charge in [0.05, 0.1) is 12.1 Å². The van der Waals surface area contributed by atoms with Crippen LogP contribution in [-0.2, 0) is 0 Å². The molecule has 1 N–H and O–H groups in total. The van der Waals surface area contributed by atoms with E-state index in [2.05, 4.69) is 21.2 Å². The van der Waals surface area contributed by atoms with Crippen LogP contribution in [-0.4, -0.2) is 7.11 Å². The highest BCUT2D eigenvalue weighted by atomic mass is 79.9. The van der Waals surface area contributed by atoms with E-state index in [-0.39, 0.29) is 11.9 Å². The third-order valence-corrected chi connectivity index (χ3v) is 3.95. The standard InChI is InChI=1S/C15H14BrClFNO/c1-9(12-5-3-10(18)7-13(12)16)19-11-4-6-15(20-2)14(17)8-11/h3-9,19H,1-2H3. The number of halogens is 3. The lowest BCUT2D eigenvalue weighted by Gasteiger charge is -2.18. The smallest absolute Gasteiger partial charge is 0.137 e. The molecule has 0 radical (unpaired) electrons. The van der Waals surface area contributed by atoms with Gasteiger partial charge in [-0.2, -0.15) is 0 Å². The fourth-order valence-corrected chi connectivity index (χ4v) is 2.89. The van der Waals surface area contributed by atoms with Crippen LogP contribution in [0, 0.1) is 5.82 Å². The number of nitrogens with one attached hydrogen (secondary N) is 1. The first-order chi connectivity index (χ1) is 9.51. The van der Waals surface area contributed by atoms with E-state index in [1.807, 2.05) is 13.0 Å². The average Bonchev–Trinajstić information content (AvgIpc) is 2.38. The summed E-state index contributed by atoms with van der Waals surface area (Å²) < 4.78 is 18.9. The third-order valence-electron chi connectivity index (χ3n) is 2.96. The molecule has 2 aromatic carbocycles. The number of hydrogen-bond acceptors (Lipinski definition) is 2. The van der Waals surface area contributed by atoms with E-state index in [1.54, 1.807) is 25.3 Å². The summed E-state index contributed by atoms with van der Waals surface area (Å²) in [5.41, 5.74) is 1.85. The maximum atomic E-state index is 13.1. The van der Waals surface area contributed by atoms with Crippen molar-refractivity contribution in [3.63, 3.8) is 0 Å². The Bertz CT molecular complexity index is 621. The van der Waals surface area contributed by atoms with Crippen LogP contribution >= 0.6 is 27.5 Å². The van der Waals surface area contributed by atoms with Gasteiger partial charge >= 0.3 is 0 Å². The zero-order valence-corrected chi connectivity index (χ0v) is 13.4. The van der Waals surface area contributed by atoms with Crippen LogP contribution in [0.3, 0.4) is 0 Å². The van der Waals surface area contributed by atoms with E-state index in [4.69, 9.17) is 16.3 Å². The van der Waals surface area contributed by atoms with Crippen molar-refractivity contribution in [2.75, 3.05) is 12.4 Å². The van der Waals surface area contributed by atoms with Crippen LogP contribution in [0.5, 0.6) is 5.75 Å². The predicted octanol–water partition coefficient (Wildman–Crippen LogP) is 5.42. The molecule has 5 heteroatoms. The molecular weight excluding hydrogens is 345 g/mol. The molecule has 106 valence electrons. The molecule has 0 spiro atoms. The summed E-state index contributed by atoms with van der Waals surface area (Å²) in [6.07, 6.45) is 0. The largest absolute Gasteiger partial charge is 0.495 e. The summed E-state index contributed by atoms with van der Waals surface area (Å²) in [4.78, 5) is 0. The van der Waals surface area contributed by atoms with Gasteiger partial charge < -0.3 is 10.1 Å². The summed E-state index contributed by atoms with van der Waals surface area (Å²) in [6.45, 7) is 2.00. The topological polar surface area (TPSA) is 21.3 Å². The summed E-state index contributed by atoms with van der Waals surface area (Å²) in [7, 11) is 1.58. The highest BCUT2D eigenvalue weighted by molar-refractivity contribution is 9.10. The fourth-order valence-electron chi connectivity index (χ4n) is 1.94. The van der Waals surface area contributed by atoms with Crippen molar-refractivity contribution in [2.45, 2.75) is 13.0 Å². The van der Waals surface area contributed by atoms with E-state index in [0.717, 1.165) is 15.7 Å². The van der Waals surface area contributed by atoms with Crippen molar-refractivity contribution in [3.05, 3.63) is 57.3 Å². The second kappa shape index (κ2) is 6.46. The predicted molar refractivity (Wildman–Crippen MR) is 84.1 cm³/mol. The molecule has 1 atom stereocenters. The van der Waals surface area contributed by atoms with Crippen LogP contribution in [0.1, 0.15) is 18.5 Å². The molecule has 1 unspecified atom stereocenters. The molecule has 0 saturated heterocycles. The van der Waals surface area contributed by atoms with Gasteiger partial charge in [-0.1, -0.05) is 33.6 Å². The van der Waals surface area contributed by atoms with Crippen molar-refractivity contribution >= 4 is 33.2 Å². The SMILES string of the molecule is COc1ccc(NC(C)c2ccc(F)cc2Br)cc1Cl. The Hall–Kier alpha value is -1.26. The number of methoxy groups -OCH3 is 1. The van der Waals surface area contributed by atoms with Gasteiger partial charge in [0, 0.05) is 16.2 Å². The first-order valence-electron chi connectivity index (χ1n) is 6.06. The lowest BCUT2D eigenvalue weighted by atomic mass is 10.1. The minimum atomic E-state index is -0.264. The molecule has 2 rings (SSSR count). The molecule has 0 bridgehead atoms. The molecule has 20 heavy (non-hydrogen) atoms. The number of anilines is 1. The zero-order chi connectivity index (χ0) is 14.7. The first-order valence-corrected chi connectivity index (χ1v) is 7.23. The van der Waals surface area contributed by atoms with Gasteiger partial charge in [0.2, 0.25) is 0 Å². The molecule has 0 aliphatic rings. The number of hydrogen-bond donors (Lipinski definition) is 1. The van der Waals surface area contributed by atoms with Crippen molar-refractivity contribution in [1.29, 1.82) is 0 Å². The maximum Gasteiger partial charge on any atom is 0.137 e. The van der Waals surface area contributed by atoms with Crippen LogP contribution in [0.25, 0.3) is 0 Å². The van der Waals surface area contributed by atoms with Crippen LogP contribution in [0.4, 0.5) is 10.1 Å². The van der Waals surface area contributed by atoms with Gasteiger partial charge in [-0.25, -0.2) is 4.39 Å². The highest BCUT2D eigenvalue weighted by Crippen LogP contribution is 2.31. The summed E-state index contributed by atoms with van der Waals surface area (Å²) in [5.74, 6) is 0.369. The normalized spacial score (nSPS) is 12.1. The number of rotatable bonds is 4. The van der Waals surface area contributed by atoms with Gasteiger partial charge in [0.25, 0.3) is 0 Å². The molecule has 2 nitrogen and oxygen atoms in total. The van der Waals surface area contributed by atoms with E-state index >= 15 is 0 Å². The Balaban J connectivity index is 2.18.